The summed E-state index contributed by atoms with van der Waals surface area (Å²) in [7, 11) is 0. The minimum absolute atomic E-state index is 0.00844. The summed E-state index contributed by atoms with van der Waals surface area (Å²) in [6.45, 7) is 6.55. The second-order valence-corrected chi connectivity index (χ2v) is 8.85. The summed E-state index contributed by atoms with van der Waals surface area (Å²) >= 11 is 7.80. The highest BCUT2D eigenvalue weighted by molar-refractivity contribution is 7.22. The predicted molar refractivity (Wildman–Crippen MR) is 124 cm³/mol. The molecule has 0 saturated carbocycles. The zero-order valence-corrected chi connectivity index (χ0v) is 18.7. The number of benzene rings is 2. The SMILES string of the molecule is Cc1cc(C)c(CC(=O)N(Cc2ccccn2)c2nc3c(Cl)cccc3s2)c(C)c1. The Morgan fingerprint density at radius 2 is 1.83 bits per heavy atom. The third-order valence-electron chi connectivity index (χ3n) is 5.11. The normalized spacial score (nSPS) is 11.1. The number of anilines is 1. The first-order valence-corrected chi connectivity index (χ1v) is 10.9. The van der Waals surface area contributed by atoms with Crippen molar-refractivity contribution in [3.05, 3.63) is 87.7 Å². The van der Waals surface area contributed by atoms with Crippen LogP contribution >= 0.6 is 22.9 Å². The molecule has 0 unspecified atom stereocenters. The lowest BCUT2D eigenvalue weighted by atomic mass is 9.97. The Morgan fingerprint density at radius 1 is 1.07 bits per heavy atom. The van der Waals surface area contributed by atoms with Crippen molar-refractivity contribution in [2.45, 2.75) is 33.7 Å². The molecule has 152 valence electrons. The van der Waals surface area contributed by atoms with Gasteiger partial charge in [0.05, 0.1) is 28.4 Å². The number of fused-ring (bicyclic) bond motifs is 1. The van der Waals surface area contributed by atoms with E-state index >= 15 is 0 Å². The minimum atomic E-state index is -0.00844. The molecule has 2 aromatic heterocycles. The van der Waals surface area contributed by atoms with Gasteiger partial charge in [-0.15, -0.1) is 0 Å². The number of rotatable bonds is 5. The van der Waals surface area contributed by atoms with Gasteiger partial charge in [-0.05, 0) is 61.7 Å². The van der Waals surface area contributed by atoms with E-state index in [-0.39, 0.29) is 5.91 Å². The van der Waals surface area contributed by atoms with Gasteiger partial charge in [0.1, 0.15) is 5.52 Å². The molecule has 4 rings (SSSR count). The maximum atomic E-state index is 13.5. The van der Waals surface area contributed by atoms with E-state index in [1.54, 1.807) is 11.1 Å². The average molecular weight is 436 g/mol. The Kier molecular flexibility index (Phi) is 5.84. The first kappa shape index (κ1) is 20.5. The topological polar surface area (TPSA) is 46.1 Å². The summed E-state index contributed by atoms with van der Waals surface area (Å²) in [6, 6.07) is 15.6. The van der Waals surface area contributed by atoms with Crippen molar-refractivity contribution in [2.75, 3.05) is 4.90 Å². The molecule has 4 nitrogen and oxygen atoms in total. The number of nitrogens with zero attached hydrogens (tertiary/aromatic N) is 3. The molecule has 0 fully saturated rings. The van der Waals surface area contributed by atoms with Crippen LogP contribution in [0.2, 0.25) is 5.02 Å². The summed E-state index contributed by atoms with van der Waals surface area (Å²) in [5.74, 6) is -0.00844. The molecule has 0 radical (unpaired) electrons. The molecule has 0 aliphatic carbocycles. The lowest BCUT2D eigenvalue weighted by molar-refractivity contribution is -0.118. The van der Waals surface area contributed by atoms with Gasteiger partial charge in [0.2, 0.25) is 5.91 Å². The summed E-state index contributed by atoms with van der Waals surface area (Å²) in [5.41, 5.74) is 6.06. The number of carbonyl (C=O) groups excluding carboxylic acids is 1. The highest BCUT2D eigenvalue weighted by Gasteiger charge is 2.23. The highest BCUT2D eigenvalue weighted by atomic mass is 35.5. The summed E-state index contributed by atoms with van der Waals surface area (Å²) < 4.78 is 0.957. The van der Waals surface area contributed by atoms with E-state index in [9.17, 15) is 4.79 Å². The smallest absolute Gasteiger partial charge is 0.233 e. The molecule has 2 heterocycles. The van der Waals surface area contributed by atoms with Crippen molar-refractivity contribution < 1.29 is 4.79 Å². The molecule has 0 saturated heterocycles. The number of carbonyl (C=O) groups is 1. The van der Waals surface area contributed by atoms with Crippen LogP contribution in [0.15, 0.2) is 54.7 Å². The van der Waals surface area contributed by atoms with Crippen molar-refractivity contribution in [3.8, 4) is 0 Å². The summed E-state index contributed by atoms with van der Waals surface area (Å²) in [6.07, 6.45) is 2.05. The first-order chi connectivity index (χ1) is 14.4. The van der Waals surface area contributed by atoms with Crippen LogP contribution in [0.3, 0.4) is 0 Å². The van der Waals surface area contributed by atoms with E-state index in [4.69, 9.17) is 16.6 Å². The molecule has 30 heavy (non-hydrogen) atoms. The van der Waals surface area contributed by atoms with Gasteiger partial charge in [0, 0.05) is 6.20 Å². The van der Waals surface area contributed by atoms with E-state index in [1.807, 2.05) is 36.4 Å². The van der Waals surface area contributed by atoms with Gasteiger partial charge in [-0.3, -0.25) is 14.7 Å². The largest absolute Gasteiger partial charge is 0.282 e. The monoisotopic (exact) mass is 435 g/mol. The predicted octanol–water partition coefficient (Wildman–Crippen LogP) is 6.05. The van der Waals surface area contributed by atoms with Gasteiger partial charge in [0.25, 0.3) is 0 Å². The van der Waals surface area contributed by atoms with Crippen LogP contribution in [0.25, 0.3) is 10.2 Å². The number of hydrogen-bond donors (Lipinski definition) is 0. The Hall–Kier alpha value is -2.76. The molecule has 1 amide bonds. The Morgan fingerprint density at radius 3 is 2.50 bits per heavy atom. The summed E-state index contributed by atoms with van der Waals surface area (Å²) in [5, 5.41) is 1.22. The van der Waals surface area contributed by atoms with Crippen LogP contribution in [0.4, 0.5) is 5.13 Å². The van der Waals surface area contributed by atoms with Crippen LogP contribution in [0.5, 0.6) is 0 Å². The number of thiazole rings is 1. The molecule has 0 spiro atoms. The van der Waals surface area contributed by atoms with Crippen molar-refractivity contribution >= 4 is 44.2 Å². The van der Waals surface area contributed by atoms with E-state index < -0.39 is 0 Å². The minimum Gasteiger partial charge on any atom is -0.282 e. The molecule has 4 aromatic rings. The molecule has 0 aliphatic heterocycles. The van der Waals surface area contributed by atoms with Gasteiger partial charge in [0.15, 0.2) is 5.13 Å². The number of aryl methyl sites for hydroxylation is 3. The standard InChI is InChI=1S/C24H22ClN3OS/c1-15-11-16(2)19(17(3)12-15)13-22(29)28(14-18-7-4-5-10-26-18)24-27-23-20(25)8-6-9-21(23)30-24/h4-12H,13-14H2,1-3H3. The van der Waals surface area contributed by atoms with E-state index in [1.165, 1.54) is 16.9 Å². The van der Waals surface area contributed by atoms with Crippen molar-refractivity contribution in [1.29, 1.82) is 0 Å². The van der Waals surface area contributed by atoms with Gasteiger partial charge >= 0.3 is 0 Å². The van der Waals surface area contributed by atoms with E-state index in [2.05, 4.69) is 37.9 Å². The maximum absolute atomic E-state index is 13.5. The van der Waals surface area contributed by atoms with Crippen LogP contribution < -0.4 is 4.90 Å². The van der Waals surface area contributed by atoms with Crippen molar-refractivity contribution in [2.24, 2.45) is 0 Å². The average Bonchev–Trinajstić information content (AvgIpc) is 3.15. The second-order valence-electron chi connectivity index (χ2n) is 7.44. The fraction of sp³-hybridized carbons (Fsp3) is 0.208. The fourth-order valence-electron chi connectivity index (χ4n) is 3.67. The van der Waals surface area contributed by atoms with E-state index in [0.29, 0.717) is 23.1 Å². The van der Waals surface area contributed by atoms with E-state index in [0.717, 1.165) is 32.6 Å². The Balaban J connectivity index is 1.73. The van der Waals surface area contributed by atoms with Crippen LogP contribution in [-0.4, -0.2) is 15.9 Å². The summed E-state index contributed by atoms with van der Waals surface area (Å²) in [4.78, 5) is 24.3. The molecular formula is C24H22ClN3OS. The lowest BCUT2D eigenvalue weighted by Gasteiger charge is -2.21. The van der Waals surface area contributed by atoms with Crippen molar-refractivity contribution in [3.63, 3.8) is 0 Å². The number of aromatic nitrogens is 2. The molecule has 2 aromatic carbocycles. The quantitative estimate of drug-likeness (QED) is 0.383. The molecule has 0 aliphatic rings. The molecule has 6 heteroatoms. The molecular weight excluding hydrogens is 414 g/mol. The fourth-order valence-corrected chi connectivity index (χ4v) is 4.95. The van der Waals surface area contributed by atoms with Gasteiger partial charge < -0.3 is 0 Å². The number of hydrogen-bond acceptors (Lipinski definition) is 4. The third kappa shape index (κ3) is 4.23. The van der Waals surface area contributed by atoms with Crippen LogP contribution in [0.1, 0.15) is 27.9 Å². The Bertz CT molecular complexity index is 1200. The zero-order valence-electron chi connectivity index (χ0n) is 17.1. The van der Waals surface area contributed by atoms with Gasteiger partial charge in [-0.1, -0.05) is 52.8 Å². The first-order valence-electron chi connectivity index (χ1n) is 9.74. The number of para-hydroxylation sites is 1. The molecule has 0 bridgehead atoms. The Labute approximate surface area is 185 Å². The maximum Gasteiger partial charge on any atom is 0.233 e. The molecule has 0 atom stereocenters. The second kappa shape index (κ2) is 8.54. The number of halogens is 1. The van der Waals surface area contributed by atoms with Crippen LogP contribution in [0, 0.1) is 20.8 Å². The number of pyridine rings is 1. The highest BCUT2D eigenvalue weighted by Crippen LogP contribution is 2.34. The zero-order chi connectivity index (χ0) is 21.3. The van der Waals surface area contributed by atoms with Crippen molar-refractivity contribution in [1.82, 2.24) is 9.97 Å². The number of amides is 1. The third-order valence-corrected chi connectivity index (χ3v) is 6.45. The van der Waals surface area contributed by atoms with Crippen LogP contribution in [-0.2, 0) is 17.8 Å². The van der Waals surface area contributed by atoms with Gasteiger partial charge in [-0.25, -0.2) is 4.98 Å². The lowest BCUT2D eigenvalue weighted by Crippen LogP contribution is -2.32. The molecule has 0 N–H and O–H groups in total. The van der Waals surface area contributed by atoms with Gasteiger partial charge in [-0.2, -0.15) is 0 Å².